The molecule has 1 aromatic carbocycles. The smallest absolute Gasteiger partial charge is 0.270 e. The summed E-state index contributed by atoms with van der Waals surface area (Å²) in [6, 6.07) is 11.7. The number of aromatic nitrogens is 1. The fourth-order valence-corrected chi connectivity index (χ4v) is 1.74. The van der Waals surface area contributed by atoms with Gasteiger partial charge in [0.1, 0.15) is 11.4 Å². The van der Waals surface area contributed by atoms with Gasteiger partial charge < -0.3 is 10.1 Å². The minimum Gasteiger partial charge on any atom is -0.497 e. The van der Waals surface area contributed by atoms with Gasteiger partial charge in [-0.1, -0.05) is 18.2 Å². The minimum atomic E-state index is -0.659. The fraction of sp³-hybridized carbons (Fsp3) is 0.200. The topological polar surface area (TPSA) is 51.2 Å². The molecular weight excluding hydrogens is 259 g/mol. The Labute approximate surface area is 116 Å². The lowest BCUT2D eigenvalue weighted by Gasteiger charge is -2.06. The lowest BCUT2D eigenvalue weighted by molar-refractivity contribution is 0.0948. The molecule has 4 nitrogen and oxygen atoms in total. The van der Waals surface area contributed by atoms with E-state index >= 15 is 0 Å². The first kappa shape index (κ1) is 14.0. The maximum absolute atomic E-state index is 12.9. The molecule has 104 valence electrons. The van der Waals surface area contributed by atoms with Crippen LogP contribution < -0.4 is 10.1 Å². The summed E-state index contributed by atoms with van der Waals surface area (Å²) in [7, 11) is 1.61. The second kappa shape index (κ2) is 6.65. The molecule has 0 saturated carbocycles. The van der Waals surface area contributed by atoms with E-state index in [1.807, 2.05) is 24.3 Å². The highest BCUT2D eigenvalue weighted by atomic mass is 19.1. The normalized spacial score (nSPS) is 10.1. The number of benzene rings is 1. The molecule has 1 N–H and O–H groups in total. The number of halogens is 1. The monoisotopic (exact) mass is 274 g/mol. The van der Waals surface area contributed by atoms with Crippen molar-refractivity contribution in [1.82, 2.24) is 10.3 Å². The molecule has 0 atom stereocenters. The highest BCUT2D eigenvalue weighted by Gasteiger charge is 2.07. The van der Waals surface area contributed by atoms with Crippen molar-refractivity contribution >= 4 is 5.91 Å². The van der Waals surface area contributed by atoms with Crippen LogP contribution in [0.15, 0.2) is 42.5 Å². The number of methoxy groups -OCH3 is 1. The molecule has 0 aliphatic rings. The Kier molecular flexibility index (Phi) is 4.65. The number of nitrogens with one attached hydrogen (secondary N) is 1. The third kappa shape index (κ3) is 3.78. The summed E-state index contributed by atoms with van der Waals surface area (Å²) in [5.41, 5.74) is 1.16. The fourth-order valence-electron chi connectivity index (χ4n) is 1.74. The standard InChI is InChI=1S/C15H15FN2O2/c1-20-12-7-5-11(6-8-12)9-10-17-15(19)13-3-2-4-14(16)18-13/h2-8H,9-10H2,1H3,(H,17,19). The second-order valence-corrected chi connectivity index (χ2v) is 4.20. The Bertz CT molecular complexity index is 585. The molecule has 2 rings (SSSR count). The first-order valence-corrected chi connectivity index (χ1v) is 6.23. The van der Waals surface area contributed by atoms with E-state index in [1.165, 1.54) is 18.2 Å². The van der Waals surface area contributed by atoms with E-state index in [0.717, 1.165) is 11.3 Å². The van der Waals surface area contributed by atoms with Gasteiger partial charge in [0.05, 0.1) is 7.11 Å². The molecule has 1 aromatic heterocycles. The van der Waals surface area contributed by atoms with Crippen LogP contribution in [0.5, 0.6) is 5.75 Å². The molecule has 2 aromatic rings. The van der Waals surface area contributed by atoms with Gasteiger partial charge in [-0.25, -0.2) is 4.98 Å². The van der Waals surface area contributed by atoms with Gasteiger partial charge in [0.25, 0.3) is 5.91 Å². The van der Waals surface area contributed by atoms with Crippen LogP contribution in [0, 0.1) is 5.95 Å². The van der Waals surface area contributed by atoms with Gasteiger partial charge >= 0.3 is 0 Å². The molecule has 0 radical (unpaired) electrons. The van der Waals surface area contributed by atoms with Crippen LogP contribution in [0.3, 0.4) is 0 Å². The van der Waals surface area contributed by atoms with E-state index in [0.29, 0.717) is 13.0 Å². The van der Waals surface area contributed by atoms with E-state index < -0.39 is 5.95 Å². The van der Waals surface area contributed by atoms with Crippen molar-refractivity contribution in [1.29, 1.82) is 0 Å². The Hall–Kier alpha value is -2.43. The van der Waals surface area contributed by atoms with Crippen LogP contribution in [0.1, 0.15) is 16.1 Å². The minimum absolute atomic E-state index is 0.0831. The summed E-state index contributed by atoms with van der Waals surface area (Å²) in [4.78, 5) is 15.3. The Morgan fingerprint density at radius 3 is 2.65 bits per heavy atom. The van der Waals surface area contributed by atoms with Crippen LogP contribution in [-0.4, -0.2) is 24.5 Å². The predicted octanol–water partition coefficient (Wildman–Crippen LogP) is 2.20. The summed E-state index contributed by atoms with van der Waals surface area (Å²) in [6.07, 6.45) is 0.686. The lowest BCUT2D eigenvalue weighted by atomic mass is 10.1. The summed E-state index contributed by atoms with van der Waals surface area (Å²) in [5, 5.41) is 2.70. The zero-order valence-corrected chi connectivity index (χ0v) is 11.1. The molecule has 1 heterocycles. The molecule has 0 bridgehead atoms. The van der Waals surface area contributed by atoms with Crippen molar-refractivity contribution in [2.45, 2.75) is 6.42 Å². The highest BCUT2D eigenvalue weighted by Crippen LogP contribution is 2.11. The molecule has 0 aliphatic carbocycles. The number of carbonyl (C=O) groups is 1. The summed E-state index contributed by atoms with van der Waals surface area (Å²) >= 11 is 0. The van der Waals surface area contributed by atoms with Crippen molar-refractivity contribution in [3.63, 3.8) is 0 Å². The average molecular weight is 274 g/mol. The summed E-state index contributed by atoms with van der Waals surface area (Å²) in [5.74, 6) is -0.243. The molecule has 1 amide bonds. The van der Waals surface area contributed by atoms with Crippen molar-refractivity contribution in [2.24, 2.45) is 0 Å². The largest absolute Gasteiger partial charge is 0.497 e. The lowest BCUT2D eigenvalue weighted by Crippen LogP contribution is -2.26. The average Bonchev–Trinajstić information content (AvgIpc) is 2.48. The maximum Gasteiger partial charge on any atom is 0.270 e. The van der Waals surface area contributed by atoms with Crippen LogP contribution in [0.4, 0.5) is 4.39 Å². The number of ether oxygens (including phenoxy) is 1. The molecule has 0 unspecified atom stereocenters. The van der Waals surface area contributed by atoms with Crippen molar-refractivity contribution in [3.8, 4) is 5.75 Å². The number of hydrogen-bond acceptors (Lipinski definition) is 3. The van der Waals surface area contributed by atoms with Gasteiger partial charge in [-0.3, -0.25) is 4.79 Å². The van der Waals surface area contributed by atoms with E-state index in [4.69, 9.17) is 4.74 Å². The molecule has 0 aliphatic heterocycles. The molecular formula is C15H15FN2O2. The number of carbonyl (C=O) groups excluding carboxylic acids is 1. The molecule has 0 saturated heterocycles. The highest BCUT2D eigenvalue weighted by molar-refractivity contribution is 5.92. The maximum atomic E-state index is 12.9. The Balaban J connectivity index is 1.84. The molecule has 0 spiro atoms. The second-order valence-electron chi connectivity index (χ2n) is 4.20. The Morgan fingerprint density at radius 2 is 2.00 bits per heavy atom. The van der Waals surface area contributed by atoms with Gasteiger partial charge in [0.2, 0.25) is 5.95 Å². The van der Waals surface area contributed by atoms with E-state index in [2.05, 4.69) is 10.3 Å². The van der Waals surface area contributed by atoms with Gasteiger partial charge in [0, 0.05) is 6.54 Å². The third-order valence-electron chi connectivity index (χ3n) is 2.81. The third-order valence-corrected chi connectivity index (χ3v) is 2.81. The first-order chi connectivity index (χ1) is 9.69. The molecule has 20 heavy (non-hydrogen) atoms. The zero-order valence-electron chi connectivity index (χ0n) is 11.1. The van der Waals surface area contributed by atoms with Crippen LogP contribution in [0.2, 0.25) is 0 Å². The number of nitrogens with zero attached hydrogens (tertiary/aromatic N) is 1. The number of rotatable bonds is 5. The predicted molar refractivity (Wildman–Crippen MR) is 73.2 cm³/mol. The van der Waals surface area contributed by atoms with E-state index in [-0.39, 0.29) is 11.6 Å². The van der Waals surface area contributed by atoms with Crippen LogP contribution >= 0.6 is 0 Å². The van der Waals surface area contributed by atoms with Crippen LogP contribution in [-0.2, 0) is 6.42 Å². The zero-order chi connectivity index (χ0) is 14.4. The summed E-state index contributed by atoms with van der Waals surface area (Å²) in [6.45, 7) is 0.462. The first-order valence-electron chi connectivity index (χ1n) is 6.23. The number of hydrogen-bond donors (Lipinski definition) is 1. The molecule has 0 fully saturated rings. The van der Waals surface area contributed by atoms with Crippen molar-refractivity contribution < 1.29 is 13.9 Å². The van der Waals surface area contributed by atoms with Crippen LogP contribution in [0.25, 0.3) is 0 Å². The SMILES string of the molecule is COc1ccc(CCNC(=O)c2cccc(F)n2)cc1. The number of amides is 1. The Morgan fingerprint density at radius 1 is 1.25 bits per heavy atom. The van der Waals surface area contributed by atoms with Crippen molar-refractivity contribution in [3.05, 3.63) is 59.7 Å². The quantitative estimate of drug-likeness (QED) is 0.850. The number of pyridine rings is 1. The van der Waals surface area contributed by atoms with E-state index in [9.17, 15) is 9.18 Å². The molecule has 5 heteroatoms. The van der Waals surface area contributed by atoms with Gasteiger partial charge in [-0.2, -0.15) is 4.39 Å². The summed E-state index contributed by atoms with van der Waals surface area (Å²) < 4.78 is 18.0. The van der Waals surface area contributed by atoms with E-state index in [1.54, 1.807) is 7.11 Å². The van der Waals surface area contributed by atoms with Gasteiger partial charge in [0.15, 0.2) is 0 Å². The van der Waals surface area contributed by atoms with Gasteiger partial charge in [-0.05, 0) is 36.2 Å². The van der Waals surface area contributed by atoms with Gasteiger partial charge in [-0.15, -0.1) is 0 Å². The van der Waals surface area contributed by atoms with Crippen molar-refractivity contribution in [2.75, 3.05) is 13.7 Å².